The zero-order chi connectivity index (χ0) is 9.35. The van der Waals surface area contributed by atoms with Gasteiger partial charge in [0.15, 0.2) is 0 Å². The molecule has 0 aliphatic carbocycles. The van der Waals surface area contributed by atoms with Crippen LogP contribution in [0.25, 0.3) is 0 Å². The smallest absolute Gasteiger partial charge is 0.744 e. The SMILES string of the molecule is Cc1ccc(S(=O)(=O)[O-])c(O)c1.[Na+]. The van der Waals surface area contributed by atoms with E-state index in [2.05, 4.69) is 0 Å². The van der Waals surface area contributed by atoms with Gasteiger partial charge in [0.25, 0.3) is 0 Å². The van der Waals surface area contributed by atoms with Crippen LogP contribution in [0.4, 0.5) is 0 Å². The molecule has 0 aromatic heterocycles. The van der Waals surface area contributed by atoms with E-state index in [1.807, 2.05) is 0 Å². The van der Waals surface area contributed by atoms with Crippen LogP contribution in [-0.4, -0.2) is 18.1 Å². The molecule has 1 aromatic carbocycles. The Morgan fingerprint density at radius 3 is 2.31 bits per heavy atom. The molecule has 0 unspecified atom stereocenters. The van der Waals surface area contributed by atoms with Gasteiger partial charge in [-0.15, -0.1) is 0 Å². The molecule has 1 N–H and O–H groups in total. The molecule has 6 heteroatoms. The van der Waals surface area contributed by atoms with Gasteiger partial charge in [0.2, 0.25) is 0 Å². The molecule has 0 radical (unpaired) electrons. The Morgan fingerprint density at radius 1 is 1.38 bits per heavy atom. The zero-order valence-electron chi connectivity index (χ0n) is 7.31. The van der Waals surface area contributed by atoms with Gasteiger partial charge < -0.3 is 9.66 Å². The van der Waals surface area contributed by atoms with Crippen LogP contribution in [0.15, 0.2) is 23.1 Å². The van der Waals surface area contributed by atoms with E-state index in [0.717, 1.165) is 6.07 Å². The zero-order valence-corrected chi connectivity index (χ0v) is 10.1. The van der Waals surface area contributed by atoms with Crippen LogP contribution in [0.2, 0.25) is 0 Å². The molecule has 1 aromatic rings. The Balaban J connectivity index is 0.00000144. The second kappa shape index (κ2) is 4.43. The maximum absolute atomic E-state index is 10.4. The number of phenols is 1. The Morgan fingerprint density at radius 2 is 1.92 bits per heavy atom. The largest absolute Gasteiger partial charge is 1.00 e. The molecule has 0 aliphatic heterocycles. The summed E-state index contributed by atoms with van der Waals surface area (Å²) in [5.74, 6) is -0.495. The normalized spacial score (nSPS) is 10.6. The van der Waals surface area contributed by atoms with E-state index in [0.29, 0.717) is 5.56 Å². The van der Waals surface area contributed by atoms with Crippen molar-refractivity contribution in [2.24, 2.45) is 0 Å². The fraction of sp³-hybridized carbons (Fsp3) is 0.143. The second-order valence-corrected chi connectivity index (χ2v) is 3.77. The minimum absolute atomic E-state index is 0. The summed E-state index contributed by atoms with van der Waals surface area (Å²) in [6.07, 6.45) is 0. The average molecular weight is 210 g/mol. The topological polar surface area (TPSA) is 77.4 Å². The summed E-state index contributed by atoms with van der Waals surface area (Å²) in [5.41, 5.74) is 0.694. The van der Waals surface area contributed by atoms with E-state index in [1.165, 1.54) is 12.1 Å². The van der Waals surface area contributed by atoms with Gasteiger partial charge in [-0.2, -0.15) is 0 Å². The number of hydrogen-bond donors (Lipinski definition) is 1. The molecule has 0 heterocycles. The third-order valence-electron chi connectivity index (χ3n) is 1.38. The fourth-order valence-corrected chi connectivity index (χ4v) is 1.39. The summed E-state index contributed by atoms with van der Waals surface area (Å²) in [6, 6.07) is 3.77. The Bertz CT molecular complexity index is 399. The van der Waals surface area contributed by atoms with Crippen molar-refractivity contribution < 1.29 is 47.6 Å². The summed E-state index contributed by atoms with van der Waals surface area (Å²) >= 11 is 0. The minimum atomic E-state index is -4.55. The number of phenolic OH excluding ortho intramolecular Hbond substituents is 1. The average Bonchev–Trinajstić information content (AvgIpc) is 1.83. The van der Waals surface area contributed by atoms with Gasteiger partial charge in [-0.1, -0.05) is 6.07 Å². The first-order valence-electron chi connectivity index (χ1n) is 3.17. The molecule has 0 atom stereocenters. The van der Waals surface area contributed by atoms with Crippen LogP contribution in [0.3, 0.4) is 0 Å². The molecule has 0 amide bonds. The van der Waals surface area contributed by atoms with Crippen molar-refractivity contribution in [2.75, 3.05) is 0 Å². The van der Waals surface area contributed by atoms with Gasteiger partial charge in [0.05, 0.1) is 4.90 Å². The molecule has 4 nitrogen and oxygen atoms in total. The first-order chi connectivity index (χ1) is 5.41. The van der Waals surface area contributed by atoms with Crippen LogP contribution < -0.4 is 29.6 Å². The molecule has 13 heavy (non-hydrogen) atoms. The predicted octanol–water partition coefficient (Wildman–Crippen LogP) is -2.39. The molecule has 0 aliphatic rings. The van der Waals surface area contributed by atoms with Gasteiger partial charge in [-0.3, -0.25) is 0 Å². The summed E-state index contributed by atoms with van der Waals surface area (Å²) in [4.78, 5) is -0.576. The van der Waals surface area contributed by atoms with Crippen LogP contribution in [-0.2, 0) is 10.1 Å². The van der Waals surface area contributed by atoms with Gasteiger partial charge in [0, 0.05) is 0 Å². The summed E-state index contributed by atoms with van der Waals surface area (Å²) in [6.45, 7) is 1.68. The van der Waals surface area contributed by atoms with E-state index >= 15 is 0 Å². The first-order valence-corrected chi connectivity index (χ1v) is 4.57. The molecule has 66 valence electrons. The maximum atomic E-state index is 10.4. The standard InChI is InChI=1S/C7H8O4S.Na/c1-5-2-3-7(6(8)4-5)12(9,10)11;/h2-4,8H,1H3,(H,9,10,11);/q;+1/p-1. The number of benzene rings is 1. The number of aromatic hydroxyl groups is 1. The van der Waals surface area contributed by atoms with Crippen LogP contribution in [0, 0.1) is 6.92 Å². The molecule has 0 bridgehead atoms. The molecule has 0 saturated carbocycles. The third kappa shape index (κ3) is 3.28. The van der Waals surface area contributed by atoms with Crippen molar-refractivity contribution in [3.63, 3.8) is 0 Å². The second-order valence-electron chi connectivity index (χ2n) is 2.43. The number of aryl methyl sites for hydroxylation is 1. The number of hydrogen-bond acceptors (Lipinski definition) is 4. The molecular weight excluding hydrogens is 203 g/mol. The van der Waals surface area contributed by atoms with E-state index in [1.54, 1.807) is 6.92 Å². The predicted molar refractivity (Wildman–Crippen MR) is 40.8 cm³/mol. The molecule has 0 fully saturated rings. The van der Waals surface area contributed by atoms with Crippen LogP contribution in [0.5, 0.6) is 5.75 Å². The first kappa shape index (κ1) is 12.9. The van der Waals surface area contributed by atoms with E-state index in [9.17, 15) is 13.0 Å². The summed E-state index contributed by atoms with van der Waals surface area (Å²) in [7, 11) is -4.55. The van der Waals surface area contributed by atoms with Gasteiger partial charge >= 0.3 is 29.6 Å². The van der Waals surface area contributed by atoms with Crippen molar-refractivity contribution in [1.29, 1.82) is 0 Å². The maximum Gasteiger partial charge on any atom is 1.00 e. The van der Waals surface area contributed by atoms with Crippen molar-refractivity contribution in [3.8, 4) is 5.75 Å². The van der Waals surface area contributed by atoms with Crippen LogP contribution >= 0.6 is 0 Å². The number of rotatable bonds is 1. The van der Waals surface area contributed by atoms with Gasteiger partial charge in [-0.25, -0.2) is 8.42 Å². The van der Waals surface area contributed by atoms with Crippen molar-refractivity contribution >= 4 is 10.1 Å². The van der Waals surface area contributed by atoms with Crippen molar-refractivity contribution in [3.05, 3.63) is 23.8 Å². The van der Waals surface area contributed by atoms with Crippen molar-refractivity contribution in [2.45, 2.75) is 11.8 Å². The Kier molecular flexibility index (Phi) is 4.41. The van der Waals surface area contributed by atoms with E-state index in [4.69, 9.17) is 5.11 Å². The Labute approximate surface area is 98.6 Å². The molecule has 1 rings (SSSR count). The third-order valence-corrected chi connectivity index (χ3v) is 2.27. The summed E-state index contributed by atoms with van der Waals surface area (Å²) < 4.78 is 31.3. The van der Waals surface area contributed by atoms with E-state index < -0.39 is 20.8 Å². The molecule has 0 saturated heterocycles. The van der Waals surface area contributed by atoms with Crippen LogP contribution in [0.1, 0.15) is 5.56 Å². The minimum Gasteiger partial charge on any atom is -0.744 e. The van der Waals surface area contributed by atoms with Gasteiger partial charge in [0.1, 0.15) is 15.9 Å². The monoisotopic (exact) mass is 210 g/mol. The quantitative estimate of drug-likeness (QED) is 0.414. The van der Waals surface area contributed by atoms with Crippen molar-refractivity contribution in [1.82, 2.24) is 0 Å². The van der Waals surface area contributed by atoms with Gasteiger partial charge in [-0.05, 0) is 24.6 Å². The summed E-state index contributed by atoms with van der Waals surface area (Å²) in [5, 5.41) is 9.05. The van der Waals surface area contributed by atoms with E-state index in [-0.39, 0.29) is 29.6 Å². The fourth-order valence-electron chi connectivity index (χ4n) is 0.839. The molecule has 0 spiro atoms. The Hall–Kier alpha value is -0.0700. The molecular formula is C7H7NaO4S.